The summed E-state index contributed by atoms with van der Waals surface area (Å²) in [5, 5.41) is 17.3. The number of aliphatic imine (C=N–C) groups is 1. The molecule has 1 rings (SSSR count). The number of aliphatic hydroxyl groups is 1. The fourth-order valence-corrected chi connectivity index (χ4v) is 1.92. The lowest BCUT2D eigenvalue weighted by Crippen LogP contribution is -2.38. The average Bonchev–Trinajstić information content (AvgIpc) is 2.44. The second-order valence-electron chi connectivity index (χ2n) is 5.40. The first-order valence-electron chi connectivity index (χ1n) is 7.48. The smallest absolute Gasteiger partial charge is 0.191 e. The third kappa shape index (κ3) is 7.34. The zero-order valence-corrected chi connectivity index (χ0v) is 13.8. The van der Waals surface area contributed by atoms with Crippen LogP contribution in [-0.4, -0.2) is 30.7 Å². The highest BCUT2D eigenvalue weighted by Gasteiger charge is 2.07. The van der Waals surface area contributed by atoms with Gasteiger partial charge in [-0.2, -0.15) is 0 Å². The Balaban J connectivity index is 2.53. The number of nitrogens with one attached hydrogen (secondary N) is 2. The normalized spacial score (nSPS) is 13.3. The maximum Gasteiger partial charge on any atom is 0.191 e. The Labute approximate surface area is 132 Å². The molecule has 0 aliphatic rings. The largest absolute Gasteiger partial charge is 0.386 e. The van der Waals surface area contributed by atoms with E-state index in [0.717, 1.165) is 31.0 Å². The number of rotatable bonds is 7. The second kappa shape index (κ2) is 9.64. The standard InChI is InChI=1S/C16H26ClN3O/c1-4-18-16(19-10-9-12(2)3)20-11-15(21)13-5-7-14(17)8-6-13/h5-8,12,15,21H,4,9-11H2,1-3H3,(H2,18,19,20). The molecule has 0 bridgehead atoms. The highest BCUT2D eigenvalue weighted by Crippen LogP contribution is 2.16. The predicted octanol–water partition coefficient (Wildman–Crippen LogP) is 2.97. The zero-order valence-electron chi connectivity index (χ0n) is 13.1. The molecule has 0 radical (unpaired) electrons. The topological polar surface area (TPSA) is 56.7 Å². The lowest BCUT2D eigenvalue weighted by molar-refractivity contribution is 0.187. The summed E-state index contributed by atoms with van der Waals surface area (Å²) in [6, 6.07) is 7.19. The summed E-state index contributed by atoms with van der Waals surface area (Å²) in [7, 11) is 0. The first-order valence-corrected chi connectivity index (χ1v) is 7.86. The van der Waals surface area contributed by atoms with E-state index in [2.05, 4.69) is 29.5 Å². The summed E-state index contributed by atoms with van der Waals surface area (Å²) in [6.07, 6.45) is 0.465. The Morgan fingerprint density at radius 3 is 2.48 bits per heavy atom. The van der Waals surface area contributed by atoms with Crippen LogP contribution in [0.25, 0.3) is 0 Å². The van der Waals surface area contributed by atoms with Crippen LogP contribution in [0.2, 0.25) is 5.02 Å². The molecular formula is C16H26ClN3O. The van der Waals surface area contributed by atoms with Crippen LogP contribution < -0.4 is 10.6 Å². The fourth-order valence-electron chi connectivity index (χ4n) is 1.79. The molecule has 0 fully saturated rings. The first-order chi connectivity index (χ1) is 10.0. The molecule has 0 saturated heterocycles. The van der Waals surface area contributed by atoms with E-state index in [0.29, 0.717) is 17.5 Å². The number of hydrogen-bond donors (Lipinski definition) is 3. The van der Waals surface area contributed by atoms with Gasteiger partial charge in [-0.3, -0.25) is 4.99 Å². The van der Waals surface area contributed by atoms with E-state index in [1.165, 1.54) is 0 Å². The van der Waals surface area contributed by atoms with Crippen molar-refractivity contribution in [2.45, 2.75) is 33.3 Å². The minimum Gasteiger partial charge on any atom is -0.386 e. The van der Waals surface area contributed by atoms with E-state index in [-0.39, 0.29) is 0 Å². The van der Waals surface area contributed by atoms with Gasteiger partial charge in [-0.25, -0.2) is 0 Å². The Bertz CT molecular complexity index is 432. The van der Waals surface area contributed by atoms with Crippen molar-refractivity contribution >= 4 is 17.6 Å². The molecule has 1 atom stereocenters. The zero-order chi connectivity index (χ0) is 15.7. The van der Waals surface area contributed by atoms with Crippen LogP contribution in [0.4, 0.5) is 0 Å². The summed E-state index contributed by atoms with van der Waals surface area (Å²) < 4.78 is 0. The van der Waals surface area contributed by atoms with Crippen LogP contribution in [0.5, 0.6) is 0 Å². The van der Waals surface area contributed by atoms with Crippen LogP contribution in [0.15, 0.2) is 29.3 Å². The van der Waals surface area contributed by atoms with Gasteiger partial charge in [0.2, 0.25) is 0 Å². The minimum absolute atomic E-state index is 0.318. The van der Waals surface area contributed by atoms with Crippen LogP contribution in [0.3, 0.4) is 0 Å². The highest BCUT2D eigenvalue weighted by atomic mass is 35.5. The third-order valence-electron chi connectivity index (χ3n) is 3.04. The molecule has 3 N–H and O–H groups in total. The van der Waals surface area contributed by atoms with Crippen molar-refractivity contribution in [1.29, 1.82) is 0 Å². The van der Waals surface area contributed by atoms with E-state index in [9.17, 15) is 5.11 Å². The summed E-state index contributed by atoms with van der Waals surface area (Å²) in [4.78, 5) is 4.42. The minimum atomic E-state index is -0.622. The molecule has 4 nitrogen and oxygen atoms in total. The molecule has 0 aliphatic heterocycles. The average molecular weight is 312 g/mol. The molecule has 0 saturated carbocycles. The van der Waals surface area contributed by atoms with Gasteiger partial charge >= 0.3 is 0 Å². The van der Waals surface area contributed by atoms with Crippen LogP contribution in [0, 0.1) is 5.92 Å². The quantitative estimate of drug-likeness (QED) is 0.536. The van der Waals surface area contributed by atoms with E-state index in [1.54, 1.807) is 12.1 Å². The van der Waals surface area contributed by atoms with E-state index in [4.69, 9.17) is 11.6 Å². The van der Waals surface area contributed by atoms with Crippen molar-refractivity contribution in [2.24, 2.45) is 10.9 Å². The van der Waals surface area contributed by atoms with E-state index >= 15 is 0 Å². The van der Waals surface area contributed by atoms with Gasteiger partial charge in [-0.15, -0.1) is 0 Å². The second-order valence-corrected chi connectivity index (χ2v) is 5.83. The van der Waals surface area contributed by atoms with Crippen molar-refractivity contribution in [2.75, 3.05) is 19.6 Å². The maximum absolute atomic E-state index is 10.1. The lowest BCUT2D eigenvalue weighted by atomic mass is 10.1. The molecule has 1 aromatic rings. The molecule has 0 aromatic heterocycles. The van der Waals surface area contributed by atoms with Gasteiger partial charge in [-0.1, -0.05) is 37.6 Å². The lowest BCUT2D eigenvalue weighted by Gasteiger charge is -2.14. The van der Waals surface area contributed by atoms with Gasteiger partial charge < -0.3 is 15.7 Å². The Morgan fingerprint density at radius 2 is 1.90 bits per heavy atom. The third-order valence-corrected chi connectivity index (χ3v) is 3.29. The van der Waals surface area contributed by atoms with Crippen LogP contribution in [-0.2, 0) is 0 Å². The number of hydrogen-bond acceptors (Lipinski definition) is 2. The Hall–Kier alpha value is -1.26. The monoisotopic (exact) mass is 311 g/mol. The molecule has 0 aliphatic carbocycles. The van der Waals surface area contributed by atoms with Gasteiger partial charge in [0.25, 0.3) is 0 Å². The van der Waals surface area contributed by atoms with Gasteiger partial charge in [0.15, 0.2) is 5.96 Å². The molecule has 1 aromatic carbocycles. The van der Waals surface area contributed by atoms with Crippen molar-refractivity contribution in [3.05, 3.63) is 34.9 Å². The number of aliphatic hydroxyl groups excluding tert-OH is 1. The molecule has 1 unspecified atom stereocenters. The maximum atomic E-state index is 10.1. The van der Waals surface area contributed by atoms with Crippen molar-refractivity contribution in [1.82, 2.24) is 10.6 Å². The van der Waals surface area contributed by atoms with Gasteiger partial charge in [0.05, 0.1) is 12.6 Å². The SMILES string of the molecule is CCNC(=NCC(O)c1ccc(Cl)cc1)NCCC(C)C. The fraction of sp³-hybridized carbons (Fsp3) is 0.562. The van der Waals surface area contributed by atoms with Gasteiger partial charge in [0.1, 0.15) is 0 Å². The molecular weight excluding hydrogens is 286 g/mol. The molecule has 0 spiro atoms. The first kappa shape index (κ1) is 17.8. The highest BCUT2D eigenvalue weighted by molar-refractivity contribution is 6.30. The van der Waals surface area contributed by atoms with E-state index < -0.39 is 6.10 Å². The van der Waals surface area contributed by atoms with Gasteiger partial charge in [0, 0.05) is 18.1 Å². The Morgan fingerprint density at radius 1 is 1.24 bits per heavy atom. The van der Waals surface area contributed by atoms with Crippen molar-refractivity contribution in [3.63, 3.8) is 0 Å². The molecule has 118 valence electrons. The molecule has 5 heteroatoms. The summed E-state index contributed by atoms with van der Waals surface area (Å²) in [6.45, 7) is 8.39. The van der Waals surface area contributed by atoms with Crippen molar-refractivity contribution in [3.8, 4) is 0 Å². The van der Waals surface area contributed by atoms with Crippen LogP contribution in [0.1, 0.15) is 38.9 Å². The molecule has 21 heavy (non-hydrogen) atoms. The summed E-state index contributed by atoms with van der Waals surface area (Å²) in [5.74, 6) is 1.39. The summed E-state index contributed by atoms with van der Waals surface area (Å²) in [5.41, 5.74) is 0.821. The summed E-state index contributed by atoms with van der Waals surface area (Å²) >= 11 is 5.84. The number of guanidine groups is 1. The van der Waals surface area contributed by atoms with Gasteiger partial charge in [-0.05, 0) is 37.0 Å². The predicted molar refractivity (Wildman–Crippen MR) is 89.8 cm³/mol. The van der Waals surface area contributed by atoms with E-state index in [1.807, 2.05) is 19.1 Å². The van der Waals surface area contributed by atoms with Crippen LogP contribution >= 0.6 is 11.6 Å². The number of benzene rings is 1. The molecule has 0 amide bonds. The Kier molecular flexibility index (Phi) is 8.16. The number of nitrogens with zero attached hydrogens (tertiary/aromatic N) is 1. The molecule has 0 heterocycles. The van der Waals surface area contributed by atoms with Crippen molar-refractivity contribution < 1.29 is 5.11 Å². The number of halogens is 1.